The van der Waals surface area contributed by atoms with Gasteiger partial charge in [-0.05, 0) is 48.6 Å². The highest BCUT2D eigenvalue weighted by atomic mass is 32.1. The lowest BCUT2D eigenvalue weighted by Gasteiger charge is -2.24. The van der Waals surface area contributed by atoms with E-state index in [0.717, 1.165) is 12.1 Å². The molecule has 5 heteroatoms. The zero-order valence-electron chi connectivity index (χ0n) is 11.1. The highest BCUT2D eigenvalue weighted by Crippen LogP contribution is 2.33. The first kappa shape index (κ1) is 13.0. The third-order valence-electron chi connectivity index (χ3n) is 3.50. The molecule has 1 heterocycles. The Morgan fingerprint density at radius 2 is 2.05 bits per heavy atom. The summed E-state index contributed by atoms with van der Waals surface area (Å²) in [4.78, 5) is 3.81. The van der Waals surface area contributed by atoms with Gasteiger partial charge in [-0.15, -0.1) is 11.3 Å². The van der Waals surface area contributed by atoms with Crippen molar-refractivity contribution in [1.82, 2.24) is 0 Å². The smallest absolute Gasteiger partial charge is 0.170 e. The van der Waals surface area contributed by atoms with Crippen LogP contribution in [-0.4, -0.2) is 17.1 Å². The van der Waals surface area contributed by atoms with Gasteiger partial charge in [0.1, 0.15) is 0 Å². The molecule has 0 saturated heterocycles. The van der Waals surface area contributed by atoms with E-state index < -0.39 is 0 Å². The summed E-state index contributed by atoms with van der Waals surface area (Å²) in [7, 11) is 0. The molecule has 20 heavy (non-hydrogen) atoms. The Labute approximate surface area is 122 Å². The summed E-state index contributed by atoms with van der Waals surface area (Å²) >= 11 is 1.79. The summed E-state index contributed by atoms with van der Waals surface area (Å²) in [6, 6.07) is 12.8. The van der Waals surface area contributed by atoms with Crippen molar-refractivity contribution < 1.29 is 5.21 Å². The second kappa shape index (κ2) is 5.54. The lowest BCUT2D eigenvalue weighted by molar-refractivity contribution is 0.318. The van der Waals surface area contributed by atoms with Crippen LogP contribution >= 0.6 is 11.3 Å². The molecule has 104 valence electrons. The number of thiophene rings is 1. The molecule has 0 radical (unpaired) electrons. The maximum atomic E-state index is 8.69. The number of nitrogens with two attached hydrogens (primary N) is 1. The average Bonchev–Trinajstić information content (AvgIpc) is 3.21. The first-order chi connectivity index (χ1) is 9.78. The number of benzene rings is 1. The van der Waals surface area contributed by atoms with Gasteiger partial charge in [-0.2, -0.15) is 0 Å². The van der Waals surface area contributed by atoms with Crippen LogP contribution in [0.3, 0.4) is 0 Å². The number of hydrogen-bond acceptors (Lipinski definition) is 4. The van der Waals surface area contributed by atoms with E-state index in [1.807, 2.05) is 24.3 Å². The van der Waals surface area contributed by atoms with Gasteiger partial charge < -0.3 is 15.8 Å². The summed E-state index contributed by atoms with van der Waals surface area (Å²) in [5.41, 5.74) is 7.52. The van der Waals surface area contributed by atoms with Crippen LogP contribution in [0.4, 0.5) is 5.69 Å². The third kappa shape index (κ3) is 2.77. The quantitative estimate of drug-likeness (QED) is 0.384. The normalized spacial score (nSPS) is 15.3. The van der Waals surface area contributed by atoms with Crippen molar-refractivity contribution in [3.63, 3.8) is 0 Å². The summed E-state index contributed by atoms with van der Waals surface area (Å²) in [6.45, 7) is 0.950. The second-order valence-corrected chi connectivity index (χ2v) is 6.00. The Bertz CT molecular complexity index is 588. The van der Waals surface area contributed by atoms with Crippen LogP contribution in [0.25, 0.3) is 0 Å². The monoisotopic (exact) mass is 287 g/mol. The summed E-state index contributed by atoms with van der Waals surface area (Å²) in [5, 5.41) is 13.8. The number of rotatable bonds is 5. The van der Waals surface area contributed by atoms with Gasteiger partial charge in [0, 0.05) is 22.2 Å². The van der Waals surface area contributed by atoms with E-state index in [1.165, 1.54) is 23.4 Å². The van der Waals surface area contributed by atoms with Gasteiger partial charge in [0.15, 0.2) is 5.84 Å². The van der Waals surface area contributed by atoms with E-state index in [9.17, 15) is 0 Å². The molecule has 0 amide bonds. The second-order valence-electron chi connectivity index (χ2n) is 4.97. The molecule has 2 aromatic rings. The maximum absolute atomic E-state index is 8.69. The van der Waals surface area contributed by atoms with E-state index in [4.69, 9.17) is 10.9 Å². The van der Waals surface area contributed by atoms with Crippen molar-refractivity contribution in [3.8, 4) is 0 Å². The first-order valence-corrected chi connectivity index (χ1v) is 7.53. The number of nitrogens with zero attached hydrogens (tertiary/aromatic N) is 2. The zero-order chi connectivity index (χ0) is 13.9. The Morgan fingerprint density at radius 1 is 1.30 bits per heavy atom. The molecular formula is C15H17N3OS. The highest BCUT2D eigenvalue weighted by molar-refractivity contribution is 7.09. The molecule has 1 fully saturated rings. The van der Waals surface area contributed by atoms with Gasteiger partial charge in [-0.3, -0.25) is 0 Å². The zero-order valence-corrected chi connectivity index (χ0v) is 11.9. The fourth-order valence-electron chi connectivity index (χ4n) is 2.27. The van der Waals surface area contributed by atoms with Crippen molar-refractivity contribution in [2.24, 2.45) is 10.9 Å². The molecular weight excluding hydrogens is 270 g/mol. The van der Waals surface area contributed by atoms with Gasteiger partial charge in [0.05, 0.1) is 6.54 Å². The Kier molecular flexibility index (Phi) is 3.60. The number of anilines is 1. The highest BCUT2D eigenvalue weighted by Gasteiger charge is 2.29. The van der Waals surface area contributed by atoms with Crippen molar-refractivity contribution in [2.45, 2.75) is 25.4 Å². The van der Waals surface area contributed by atoms with Gasteiger partial charge in [0.25, 0.3) is 0 Å². The van der Waals surface area contributed by atoms with Crippen LogP contribution in [-0.2, 0) is 6.54 Å². The molecule has 0 unspecified atom stereocenters. The van der Waals surface area contributed by atoms with Crippen molar-refractivity contribution >= 4 is 22.9 Å². The molecule has 1 saturated carbocycles. The van der Waals surface area contributed by atoms with Gasteiger partial charge >= 0.3 is 0 Å². The minimum atomic E-state index is 0.146. The van der Waals surface area contributed by atoms with Crippen LogP contribution in [0.2, 0.25) is 0 Å². The number of amidine groups is 1. The van der Waals surface area contributed by atoms with E-state index in [0.29, 0.717) is 6.04 Å². The van der Waals surface area contributed by atoms with E-state index >= 15 is 0 Å². The molecule has 1 aromatic heterocycles. The number of hydrogen-bond donors (Lipinski definition) is 2. The fraction of sp³-hybridized carbons (Fsp3) is 0.267. The lowest BCUT2D eigenvalue weighted by atomic mass is 10.1. The molecule has 1 aliphatic rings. The van der Waals surface area contributed by atoms with Gasteiger partial charge in [-0.25, -0.2) is 0 Å². The topological polar surface area (TPSA) is 61.9 Å². The van der Waals surface area contributed by atoms with Gasteiger partial charge in [-0.1, -0.05) is 11.2 Å². The molecule has 0 aliphatic heterocycles. The Hall–Kier alpha value is -2.01. The van der Waals surface area contributed by atoms with E-state index in [-0.39, 0.29) is 5.84 Å². The molecule has 4 nitrogen and oxygen atoms in total. The molecule has 0 atom stereocenters. The Balaban J connectivity index is 1.81. The Morgan fingerprint density at radius 3 is 2.60 bits per heavy atom. The fourth-order valence-corrected chi connectivity index (χ4v) is 2.97. The van der Waals surface area contributed by atoms with E-state index in [2.05, 4.69) is 27.6 Å². The molecule has 1 aromatic carbocycles. The van der Waals surface area contributed by atoms with Crippen molar-refractivity contribution in [3.05, 3.63) is 52.2 Å². The van der Waals surface area contributed by atoms with Crippen molar-refractivity contribution in [2.75, 3.05) is 4.90 Å². The largest absolute Gasteiger partial charge is 0.409 e. The predicted octanol–water partition coefficient (Wildman–Crippen LogP) is 3.01. The third-order valence-corrected chi connectivity index (χ3v) is 4.36. The van der Waals surface area contributed by atoms with Crippen LogP contribution in [0, 0.1) is 0 Å². The molecule has 3 N–H and O–H groups in total. The van der Waals surface area contributed by atoms with Crippen LogP contribution < -0.4 is 10.6 Å². The van der Waals surface area contributed by atoms with E-state index in [1.54, 1.807) is 11.3 Å². The SMILES string of the molecule is NC(=NO)c1ccc(N(Cc2cccs2)C2CC2)cc1. The average molecular weight is 287 g/mol. The van der Waals surface area contributed by atoms with Crippen LogP contribution in [0.1, 0.15) is 23.3 Å². The van der Waals surface area contributed by atoms with Gasteiger partial charge in [0.2, 0.25) is 0 Å². The lowest BCUT2D eigenvalue weighted by Crippen LogP contribution is -2.24. The number of oxime groups is 1. The van der Waals surface area contributed by atoms with Crippen LogP contribution in [0.5, 0.6) is 0 Å². The van der Waals surface area contributed by atoms with Crippen LogP contribution in [0.15, 0.2) is 46.9 Å². The summed E-state index contributed by atoms with van der Waals surface area (Å²) in [6.07, 6.45) is 2.51. The summed E-state index contributed by atoms with van der Waals surface area (Å²) in [5.74, 6) is 0.146. The summed E-state index contributed by atoms with van der Waals surface area (Å²) < 4.78 is 0. The van der Waals surface area contributed by atoms with Crippen molar-refractivity contribution in [1.29, 1.82) is 0 Å². The maximum Gasteiger partial charge on any atom is 0.170 e. The predicted molar refractivity (Wildman–Crippen MR) is 82.5 cm³/mol. The standard InChI is InChI=1S/C15H17N3OS/c16-15(17-19)11-3-5-12(6-4-11)18(13-7-8-13)10-14-2-1-9-20-14/h1-6,9,13,19H,7-8,10H2,(H2,16,17). The molecule has 0 bridgehead atoms. The first-order valence-electron chi connectivity index (χ1n) is 6.65. The molecule has 0 spiro atoms. The molecule has 3 rings (SSSR count). The minimum absolute atomic E-state index is 0.146. The minimum Gasteiger partial charge on any atom is -0.409 e. The molecule has 1 aliphatic carbocycles.